The van der Waals surface area contributed by atoms with Gasteiger partial charge in [-0.15, -0.1) is 0 Å². The maximum Gasteiger partial charge on any atom is 0.262 e. The molecule has 0 aliphatic heterocycles. The van der Waals surface area contributed by atoms with Crippen molar-refractivity contribution in [3.8, 4) is 0 Å². The highest BCUT2D eigenvalue weighted by Crippen LogP contribution is 2.33. The molecule has 2 aromatic carbocycles. The van der Waals surface area contributed by atoms with Crippen molar-refractivity contribution in [1.82, 2.24) is 0 Å². The quantitative estimate of drug-likeness (QED) is 0.770. The molecule has 1 N–H and O–H groups in total. The Morgan fingerprint density at radius 3 is 2.29 bits per heavy atom. The van der Waals surface area contributed by atoms with Gasteiger partial charge in [0.05, 0.1) is 20.6 Å². The highest BCUT2D eigenvalue weighted by atomic mass is 79.9. The zero-order valence-electron chi connectivity index (χ0n) is 10.6. The van der Waals surface area contributed by atoms with Crippen LogP contribution in [0.5, 0.6) is 0 Å². The molecule has 0 aromatic heterocycles. The number of rotatable bonds is 3. The van der Waals surface area contributed by atoms with Gasteiger partial charge < -0.3 is 0 Å². The minimum Gasteiger partial charge on any atom is -0.277 e. The average Bonchev–Trinajstić information content (AvgIpc) is 2.36. The lowest BCUT2D eigenvalue weighted by Crippen LogP contribution is -2.15. The largest absolute Gasteiger partial charge is 0.277 e. The number of halogens is 4. The maximum atomic E-state index is 13.1. The first-order valence-electron chi connectivity index (χ1n) is 5.64. The van der Waals surface area contributed by atoms with Crippen LogP contribution in [0.3, 0.4) is 0 Å². The van der Waals surface area contributed by atoms with Gasteiger partial charge in [0, 0.05) is 4.47 Å². The minimum atomic E-state index is -3.90. The monoisotopic (exact) mass is 411 g/mol. The normalized spacial score (nSPS) is 11.5. The van der Waals surface area contributed by atoms with Crippen molar-refractivity contribution in [2.24, 2.45) is 0 Å². The fourth-order valence-electron chi connectivity index (χ4n) is 1.69. The number of benzene rings is 2. The summed E-state index contributed by atoms with van der Waals surface area (Å²) in [5.41, 5.74) is 0.499. The SMILES string of the molecule is Cc1ccc(Br)cc1S(=O)(=O)Nc1c(Cl)cc(F)cc1Cl. The summed E-state index contributed by atoms with van der Waals surface area (Å²) in [5, 5.41) is -0.229. The van der Waals surface area contributed by atoms with Crippen molar-refractivity contribution < 1.29 is 12.8 Å². The zero-order chi connectivity index (χ0) is 15.8. The van der Waals surface area contributed by atoms with Crippen LogP contribution in [0.25, 0.3) is 0 Å². The van der Waals surface area contributed by atoms with Gasteiger partial charge in [-0.25, -0.2) is 12.8 Å². The molecule has 0 fully saturated rings. The summed E-state index contributed by atoms with van der Waals surface area (Å²) in [4.78, 5) is 0.0772. The predicted octanol–water partition coefficient (Wildman–Crippen LogP) is 5.00. The third-order valence-corrected chi connectivity index (χ3v) is 5.26. The second-order valence-corrected chi connectivity index (χ2v) is 7.64. The molecule has 0 atom stereocenters. The summed E-state index contributed by atoms with van der Waals surface area (Å²) in [6, 6.07) is 6.82. The molecule has 3 nitrogen and oxygen atoms in total. The summed E-state index contributed by atoms with van der Waals surface area (Å²) in [6.07, 6.45) is 0. The van der Waals surface area contributed by atoms with Crippen molar-refractivity contribution in [1.29, 1.82) is 0 Å². The standard InChI is InChI=1S/C13H9BrCl2FNO2S/c1-7-2-3-8(14)4-12(7)21(19,20)18-13-10(15)5-9(17)6-11(13)16/h2-6,18H,1H3. The van der Waals surface area contributed by atoms with Crippen molar-refractivity contribution >= 4 is 54.8 Å². The highest BCUT2D eigenvalue weighted by Gasteiger charge is 2.20. The van der Waals surface area contributed by atoms with Crippen molar-refractivity contribution in [3.05, 3.63) is 56.2 Å². The van der Waals surface area contributed by atoms with Crippen LogP contribution in [-0.2, 0) is 10.0 Å². The van der Waals surface area contributed by atoms with Gasteiger partial charge in [0.2, 0.25) is 0 Å². The Morgan fingerprint density at radius 1 is 1.14 bits per heavy atom. The van der Waals surface area contributed by atoms with E-state index in [0.717, 1.165) is 12.1 Å². The molecule has 0 heterocycles. The molecular weight excluding hydrogens is 404 g/mol. The van der Waals surface area contributed by atoms with Gasteiger partial charge in [0.15, 0.2) is 0 Å². The lowest BCUT2D eigenvalue weighted by Gasteiger charge is -2.13. The van der Waals surface area contributed by atoms with E-state index in [2.05, 4.69) is 20.7 Å². The summed E-state index contributed by atoms with van der Waals surface area (Å²) >= 11 is 14.9. The Labute approximate surface area is 140 Å². The fourth-order valence-corrected chi connectivity index (χ4v) is 4.24. The van der Waals surface area contributed by atoms with E-state index in [1.165, 1.54) is 6.07 Å². The van der Waals surface area contributed by atoms with Crippen LogP contribution in [0.15, 0.2) is 39.7 Å². The Morgan fingerprint density at radius 2 is 1.71 bits per heavy atom. The molecule has 0 aliphatic rings. The number of hydrogen-bond donors (Lipinski definition) is 1. The van der Waals surface area contributed by atoms with Gasteiger partial charge in [-0.3, -0.25) is 4.72 Å². The highest BCUT2D eigenvalue weighted by molar-refractivity contribution is 9.10. The molecule has 8 heteroatoms. The van der Waals surface area contributed by atoms with E-state index in [0.29, 0.717) is 10.0 Å². The average molecular weight is 413 g/mol. The van der Waals surface area contributed by atoms with Gasteiger partial charge >= 0.3 is 0 Å². The molecule has 0 spiro atoms. The van der Waals surface area contributed by atoms with E-state index in [-0.39, 0.29) is 20.6 Å². The van der Waals surface area contributed by atoms with Gasteiger partial charge in [-0.1, -0.05) is 45.2 Å². The fraction of sp³-hybridized carbons (Fsp3) is 0.0769. The van der Waals surface area contributed by atoms with Gasteiger partial charge in [0.1, 0.15) is 5.82 Å². The van der Waals surface area contributed by atoms with Crippen LogP contribution in [0.2, 0.25) is 10.0 Å². The van der Waals surface area contributed by atoms with Gasteiger partial charge in [-0.2, -0.15) is 0 Å². The van der Waals surface area contributed by atoms with Crippen molar-refractivity contribution in [3.63, 3.8) is 0 Å². The van der Waals surface area contributed by atoms with Gasteiger partial charge in [-0.05, 0) is 36.8 Å². The van der Waals surface area contributed by atoms with Crippen molar-refractivity contribution in [2.45, 2.75) is 11.8 Å². The lowest BCUT2D eigenvalue weighted by atomic mass is 10.2. The van der Waals surface area contributed by atoms with Crippen LogP contribution in [-0.4, -0.2) is 8.42 Å². The second-order valence-electron chi connectivity index (χ2n) is 4.26. The van der Waals surface area contributed by atoms with Crippen LogP contribution in [0.4, 0.5) is 10.1 Å². The third kappa shape index (κ3) is 3.69. The summed E-state index contributed by atoms with van der Waals surface area (Å²) < 4.78 is 40.9. The molecule has 0 bridgehead atoms. The first-order valence-corrected chi connectivity index (χ1v) is 8.67. The molecule has 0 radical (unpaired) electrons. The topological polar surface area (TPSA) is 46.2 Å². The Bertz CT molecular complexity index is 789. The molecule has 0 aliphatic carbocycles. The van der Waals surface area contributed by atoms with E-state index in [1.807, 2.05) is 0 Å². The third-order valence-electron chi connectivity index (χ3n) is 2.68. The van der Waals surface area contributed by atoms with Gasteiger partial charge in [0.25, 0.3) is 10.0 Å². The lowest BCUT2D eigenvalue weighted by molar-refractivity contribution is 0.600. The van der Waals surface area contributed by atoms with E-state index in [4.69, 9.17) is 23.2 Å². The Balaban J connectivity index is 2.50. The molecule has 0 unspecified atom stereocenters. The Kier molecular flexibility index (Phi) is 4.82. The number of anilines is 1. The van der Waals surface area contributed by atoms with Crippen LogP contribution >= 0.6 is 39.1 Å². The number of aryl methyl sites for hydroxylation is 1. The van der Waals surface area contributed by atoms with Crippen LogP contribution in [0, 0.1) is 12.7 Å². The molecule has 0 saturated carbocycles. The molecule has 2 aromatic rings. The molecular formula is C13H9BrCl2FNO2S. The molecule has 0 amide bonds. The van der Waals surface area contributed by atoms with E-state index >= 15 is 0 Å². The predicted molar refractivity (Wildman–Crippen MR) is 86.1 cm³/mol. The number of hydrogen-bond acceptors (Lipinski definition) is 2. The maximum absolute atomic E-state index is 13.1. The van der Waals surface area contributed by atoms with Crippen molar-refractivity contribution in [2.75, 3.05) is 4.72 Å². The van der Waals surface area contributed by atoms with E-state index < -0.39 is 15.8 Å². The number of sulfonamides is 1. The second kappa shape index (κ2) is 6.12. The first-order chi connectivity index (χ1) is 9.70. The Hall–Kier alpha value is -0.820. The molecule has 112 valence electrons. The minimum absolute atomic E-state index is 0.0564. The first kappa shape index (κ1) is 16.5. The smallest absolute Gasteiger partial charge is 0.262 e. The van der Waals surface area contributed by atoms with E-state index in [9.17, 15) is 12.8 Å². The molecule has 0 saturated heterocycles. The summed E-state index contributed by atoms with van der Waals surface area (Å²) in [6.45, 7) is 1.66. The summed E-state index contributed by atoms with van der Waals surface area (Å²) in [7, 11) is -3.90. The van der Waals surface area contributed by atoms with E-state index in [1.54, 1.807) is 19.1 Å². The van der Waals surface area contributed by atoms with Crippen LogP contribution < -0.4 is 4.72 Å². The summed E-state index contributed by atoms with van der Waals surface area (Å²) in [5.74, 6) is -0.647. The zero-order valence-corrected chi connectivity index (χ0v) is 14.5. The molecule has 2 rings (SSSR count). The molecule has 21 heavy (non-hydrogen) atoms. The number of nitrogens with one attached hydrogen (secondary N) is 1. The van der Waals surface area contributed by atoms with Crippen LogP contribution in [0.1, 0.15) is 5.56 Å².